The van der Waals surface area contributed by atoms with Crippen LogP contribution in [0.5, 0.6) is 0 Å². The molecular formula is C73H103N7O27. The molecule has 0 saturated carbocycles. The lowest BCUT2D eigenvalue weighted by Crippen LogP contribution is -2.66. The summed E-state index contributed by atoms with van der Waals surface area (Å²) in [5.74, 6) is -6.78. The number of ether oxygens (including phenoxy) is 11. The predicted octanol–water partition coefficient (Wildman–Crippen LogP) is -1.05. The molecule has 0 aliphatic carbocycles. The molecule has 5 amide bonds. The maximum Gasteiger partial charge on any atom is 0.306 e. The molecule has 15 atom stereocenters. The molecule has 0 radical (unpaired) electrons. The minimum absolute atomic E-state index is 0.00256. The third-order valence-corrected chi connectivity index (χ3v) is 17.7. The topological polar surface area (TPSA) is 471 Å². The van der Waals surface area contributed by atoms with Crippen LogP contribution in [0.2, 0.25) is 0 Å². The molecule has 34 nitrogen and oxygen atoms in total. The molecule has 107 heavy (non-hydrogen) atoms. The van der Waals surface area contributed by atoms with E-state index in [2.05, 4.69) is 26.2 Å². The van der Waals surface area contributed by atoms with Crippen LogP contribution in [0.25, 0.3) is 0 Å². The van der Waals surface area contributed by atoms with Gasteiger partial charge in [0.1, 0.15) is 55.8 Å². The largest absolute Gasteiger partial charge is 0.465 e. The van der Waals surface area contributed by atoms with E-state index >= 15 is 0 Å². The quantitative estimate of drug-likeness (QED) is 0.0140. The third-order valence-electron chi connectivity index (χ3n) is 17.7. The van der Waals surface area contributed by atoms with Gasteiger partial charge >= 0.3 is 29.8 Å². The number of carbonyl (C=O) groups is 11. The number of aliphatic hydroxyl groups excluding tert-OH is 5. The number of unbranched alkanes of at least 4 members (excludes halogenated alkanes) is 2. The lowest BCUT2D eigenvalue weighted by molar-refractivity contribution is -0.276. The number of rotatable bonds is 43. The Kier molecular flexibility index (Phi) is 36.5. The second kappa shape index (κ2) is 44.7. The zero-order valence-electron chi connectivity index (χ0n) is 61.1. The number of hydrogen-bond donors (Lipinski definition) is 10. The maximum absolute atomic E-state index is 14.7. The summed E-state index contributed by atoms with van der Waals surface area (Å²) in [5, 5.41) is 62.4. The first kappa shape index (κ1) is 87.4. The summed E-state index contributed by atoms with van der Waals surface area (Å²) in [5.41, 5.74) is 7.79. The van der Waals surface area contributed by atoms with Crippen LogP contribution in [0.3, 0.4) is 0 Å². The summed E-state index contributed by atoms with van der Waals surface area (Å²) in [4.78, 5) is 144. The summed E-state index contributed by atoms with van der Waals surface area (Å²) in [6, 6.07) is 25.6. The van der Waals surface area contributed by atoms with Crippen molar-refractivity contribution in [2.75, 3.05) is 85.5 Å². The standard InChI is InChI=1S/C73H103N7O27/c1-44(84)77-62-68(103-48(5)88)65(96)55(41-82)106-72(62)100-43-53(90)28-29-60(94)97-39-30-58(92)75-31-33-79(59(93)27-17-19-37-98-70-61(74)67(102-47(4)87)64(95)54(40-81)105-70)35-36-80(73(50-20-10-7-11-21-50,51-22-12-8-13-23-51)52-24-14-9-15-25-52)34-32-76-57(91)26-16-18-38-99-71-63(78-45(2)85)69(104-49(6)89)66(101-46(3)86)56(42-83)107-71/h7-15,20-25,54-56,61-72,81-83,95-96H,16-19,26-43,74H2,1-6H3,(H,75,92)(H,76,91)(H,77,84)(H,78,85)/t54?,55?,56?,61?,62-,63?,64+,65-,66-,67-,68?,69+,70-,71+,72+/m0/s1. The zero-order chi connectivity index (χ0) is 78.2. The number of Topliss-reactive ketones (excluding diaryl/α,β-unsaturated/α-hetero) is 1. The molecule has 3 aliphatic heterocycles. The summed E-state index contributed by atoms with van der Waals surface area (Å²) >= 11 is 0. The first-order chi connectivity index (χ1) is 51.2. The van der Waals surface area contributed by atoms with E-state index in [0.717, 1.165) is 51.3 Å². The Morgan fingerprint density at radius 3 is 1.43 bits per heavy atom. The number of hydrogen-bond acceptors (Lipinski definition) is 29. The van der Waals surface area contributed by atoms with Crippen LogP contribution in [0.15, 0.2) is 91.0 Å². The molecule has 0 spiro atoms. The highest BCUT2D eigenvalue weighted by Crippen LogP contribution is 2.42. The molecule has 6 rings (SSSR count). The highest BCUT2D eigenvalue weighted by molar-refractivity contribution is 5.84. The van der Waals surface area contributed by atoms with Crippen LogP contribution in [0, 0.1) is 0 Å². The fraction of sp³-hybridized carbons (Fsp3) is 0.603. The molecule has 3 aromatic rings. The van der Waals surface area contributed by atoms with Crippen molar-refractivity contribution in [2.24, 2.45) is 5.73 Å². The number of nitrogens with two attached hydrogens (primary N) is 1. The molecule has 3 saturated heterocycles. The number of ketones is 1. The average molecular weight is 1510 g/mol. The van der Waals surface area contributed by atoms with Crippen molar-refractivity contribution in [1.29, 1.82) is 0 Å². The summed E-state index contributed by atoms with van der Waals surface area (Å²) in [6.45, 7) is 4.23. The van der Waals surface area contributed by atoms with Crippen molar-refractivity contribution >= 4 is 65.2 Å². The minimum atomic E-state index is -1.57. The first-order valence-corrected chi connectivity index (χ1v) is 35.6. The van der Waals surface area contributed by atoms with Gasteiger partial charge in [0.15, 0.2) is 49.1 Å². The average Bonchev–Trinajstić information content (AvgIpc) is 0.740. The van der Waals surface area contributed by atoms with E-state index in [-0.39, 0.29) is 109 Å². The van der Waals surface area contributed by atoms with Crippen molar-refractivity contribution < 1.29 is 130 Å². The van der Waals surface area contributed by atoms with Crippen molar-refractivity contribution in [3.63, 3.8) is 0 Å². The van der Waals surface area contributed by atoms with Gasteiger partial charge in [0, 0.05) is 113 Å². The van der Waals surface area contributed by atoms with Crippen LogP contribution in [0.1, 0.15) is 116 Å². The fourth-order valence-corrected chi connectivity index (χ4v) is 12.9. The SMILES string of the molecule is CC(=O)NC1[C@H](OCCCCC(=O)NCCN(CCN(CCNC(=O)CCOC(=O)CCC(=O)CO[C@@H]2OC(CO)[C@H](O)C(OC(C)=O)[C@@H]2NC(C)=O)C(=O)CCCCO[C@H]2OC(CO)[C@@H](O)[C@@H](OC(C)=O)C2N)C(c2ccccc2)(c2ccccc2)c2ccccc2)OC(CO)[C@H](OC(C)=O)[C@@H]1OC(C)=O. The molecule has 0 bridgehead atoms. The lowest BCUT2D eigenvalue weighted by atomic mass is 9.75. The zero-order valence-corrected chi connectivity index (χ0v) is 61.1. The number of benzene rings is 3. The number of amides is 5. The molecule has 592 valence electrons. The van der Waals surface area contributed by atoms with Gasteiger partial charge in [-0.1, -0.05) is 91.0 Å². The van der Waals surface area contributed by atoms with E-state index in [1.54, 1.807) is 4.90 Å². The Labute approximate surface area is 620 Å². The van der Waals surface area contributed by atoms with E-state index in [1.807, 2.05) is 91.0 Å². The van der Waals surface area contributed by atoms with Crippen molar-refractivity contribution in [1.82, 2.24) is 31.1 Å². The van der Waals surface area contributed by atoms with E-state index in [0.29, 0.717) is 12.8 Å². The monoisotopic (exact) mass is 1510 g/mol. The number of nitrogens with zero attached hydrogens (tertiary/aromatic N) is 2. The smallest absolute Gasteiger partial charge is 0.306 e. The van der Waals surface area contributed by atoms with Crippen LogP contribution in [0.4, 0.5) is 0 Å². The first-order valence-electron chi connectivity index (χ1n) is 35.6. The molecule has 3 aromatic carbocycles. The Hall–Kier alpha value is -8.49. The van der Waals surface area contributed by atoms with Gasteiger partial charge in [-0.05, 0) is 42.4 Å². The van der Waals surface area contributed by atoms with Crippen molar-refractivity contribution in [3.8, 4) is 0 Å². The predicted molar refractivity (Wildman–Crippen MR) is 373 cm³/mol. The van der Waals surface area contributed by atoms with Crippen LogP contribution in [-0.2, 0) is 110 Å². The number of nitrogens with one attached hydrogen (secondary N) is 4. The molecule has 3 aliphatic rings. The Morgan fingerprint density at radius 1 is 0.467 bits per heavy atom. The fourth-order valence-electron chi connectivity index (χ4n) is 12.9. The van der Waals surface area contributed by atoms with E-state index in [1.165, 1.54) is 6.92 Å². The van der Waals surface area contributed by atoms with Gasteiger partial charge < -0.3 is 110 Å². The molecule has 34 heteroatoms. The highest BCUT2D eigenvalue weighted by atomic mass is 16.7. The van der Waals surface area contributed by atoms with Crippen molar-refractivity contribution in [3.05, 3.63) is 108 Å². The minimum Gasteiger partial charge on any atom is -0.465 e. The van der Waals surface area contributed by atoms with Crippen LogP contribution >= 0.6 is 0 Å². The molecule has 3 fully saturated rings. The van der Waals surface area contributed by atoms with Gasteiger partial charge in [0.2, 0.25) is 29.5 Å². The van der Waals surface area contributed by atoms with Gasteiger partial charge in [-0.3, -0.25) is 57.6 Å². The van der Waals surface area contributed by atoms with E-state index in [4.69, 9.17) is 57.8 Å². The van der Waals surface area contributed by atoms with Crippen LogP contribution < -0.4 is 27.0 Å². The maximum atomic E-state index is 14.7. The number of carbonyl (C=O) groups excluding carboxylic acids is 11. The lowest BCUT2D eigenvalue weighted by Gasteiger charge is -2.46. The summed E-state index contributed by atoms with van der Waals surface area (Å²) in [6.07, 6.45) is -15.8. The van der Waals surface area contributed by atoms with Gasteiger partial charge in [-0.25, -0.2) is 0 Å². The second-order valence-corrected chi connectivity index (χ2v) is 25.8. The second-order valence-electron chi connectivity index (χ2n) is 25.8. The van der Waals surface area contributed by atoms with Gasteiger partial charge in [-0.2, -0.15) is 0 Å². The van der Waals surface area contributed by atoms with E-state index < -0.39 is 184 Å². The molecule has 11 N–H and O–H groups in total. The molecular weight excluding hydrogens is 1410 g/mol. The number of aliphatic hydroxyl groups is 5. The normalized spacial score (nSPS) is 24.2. The Balaban J connectivity index is 1.15. The van der Waals surface area contributed by atoms with Crippen LogP contribution in [-0.4, -0.2) is 278 Å². The molecule has 0 aromatic heterocycles. The molecule has 6 unspecified atom stereocenters. The summed E-state index contributed by atoms with van der Waals surface area (Å²) in [7, 11) is 0. The molecule has 3 heterocycles. The van der Waals surface area contributed by atoms with E-state index in [9.17, 15) is 78.3 Å². The highest BCUT2D eigenvalue weighted by Gasteiger charge is 2.52. The van der Waals surface area contributed by atoms with Gasteiger partial charge in [-0.15, -0.1) is 0 Å². The van der Waals surface area contributed by atoms with Gasteiger partial charge in [0.05, 0.1) is 44.2 Å². The Morgan fingerprint density at radius 2 is 0.907 bits per heavy atom. The number of esters is 5. The summed E-state index contributed by atoms with van der Waals surface area (Å²) < 4.78 is 61.5. The van der Waals surface area contributed by atoms with Gasteiger partial charge in [0.25, 0.3) is 0 Å². The third kappa shape index (κ3) is 26.7. The Bertz CT molecular complexity index is 3250. The van der Waals surface area contributed by atoms with Crippen molar-refractivity contribution in [2.45, 2.75) is 197 Å².